The third-order valence-corrected chi connectivity index (χ3v) is 3.75. The molecule has 1 aliphatic heterocycles. The summed E-state index contributed by atoms with van der Waals surface area (Å²) < 4.78 is 16.8. The maximum absolute atomic E-state index is 11.7. The third kappa shape index (κ3) is 3.02. The van der Waals surface area contributed by atoms with Crippen LogP contribution in [0.3, 0.4) is 0 Å². The maximum Gasteiger partial charge on any atom is 0.259 e. The molecule has 0 saturated carbocycles. The Labute approximate surface area is 122 Å². The molecule has 6 heteroatoms. The van der Waals surface area contributed by atoms with E-state index in [0.29, 0.717) is 30.7 Å². The molecular formula is C15H20N2O4. The van der Waals surface area contributed by atoms with Crippen molar-refractivity contribution in [2.75, 3.05) is 33.4 Å². The van der Waals surface area contributed by atoms with Crippen molar-refractivity contribution >= 4 is 11.0 Å². The van der Waals surface area contributed by atoms with Gasteiger partial charge in [-0.3, -0.25) is 9.69 Å². The number of pyridine rings is 1. The Morgan fingerprint density at radius 2 is 2.38 bits per heavy atom. The molecule has 0 amide bonds. The van der Waals surface area contributed by atoms with E-state index >= 15 is 0 Å². The van der Waals surface area contributed by atoms with Crippen LogP contribution in [0.4, 0.5) is 0 Å². The van der Waals surface area contributed by atoms with E-state index in [0.717, 1.165) is 18.8 Å². The third-order valence-electron chi connectivity index (χ3n) is 3.75. The number of methoxy groups -OCH3 is 1. The van der Waals surface area contributed by atoms with Gasteiger partial charge in [0.1, 0.15) is 16.9 Å². The first-order valence-electron chi connectivity index (χ1n) is 7.05. The van der Waals surface area contributed by atoms with Gasteiger partial charge in [0.2, 0.25) is 0 Å². The zero-order valence-corrected chi connectivity index (χ0v) is 12.3. The Bertz CT molecular complexity index is 674. The highest BCUT2D eigenvalue weighted by molar-refractivity contribution is 5.76. The molecule has 0 bridgehead atoms. The molecule has 3 heterocycles. The van der Waals surface area contributed by atoms with E-state index in [1.807, 2.05) is 13.0 Å². The quantitative estimate of drug-likeness (QED) is 0.921. The van der Waals surface area contributed by atoms with Gasteiger partial charge in [0.15, 0.2) is 0 Å². The first-order chi connectivity index (χ1) is 10.1. The van der Waals surface area contributed by atoms with Crippen LogP contribution in [0.5, 0.6) is 0 Å². The molecule has 2 aromatic rings. The first kappa shape index (κ1) is 14.3. The fourth-order valence-corrected chi connectivity index (χ4v) is 2.87. The average molecular weight is 292 g/mol. The summed E-state index contributed by atoms with van der Waals surface area (Å²) in [6.07, 6.45) is 1.60. The van der Waals surface area contributed by atoms with Crippen LogP contribution in [0, 0.1) is 0 Å². The van der Waals surface area contributed by atoms with Gasteiger partial charge in [0.05, 0.1) is 25.1 Å². The first-order valence-corrected chi connectivity index (χ1v) is 7.05. The zero-order chi connectivity index (χ0) is 14.9. The summed E-state index contributed by atoms with van der Waals surface area (Å²) in [5.74, 6) is 0.795. The van der Waals surface area contributed by atoms with E-state index in [2.05, 4.69) is 9.88 Å². The van der Waals surface area contributed by atoms with Crippen molar-refractivity contribution in [3.63, 3.8) is 0 Å². The standard InChI is InChI=1S/C15H20N2O4/c1-15(10-19-2)9-17(5-6-20-15)8-11-7-12-13(21-11)3-4-16-14(12)18/h3-4,7H,5-6,8-10H2,1-2H3,(H,16,18). The fourth-order valence-electron chi connectivity index (χ4n) is 2.87. The lowest BCUT2D eigenvalue weighted by Gasteiger charge is -2.39. The lowest BCUT2D eigenvalue weighted by molar-refractivity contribution is -0.130. The fraction of sp³-hybridized carbons (Fsp3) is 0.533. The zero-order valence-electron chi connectivity index (χ0n) is 12.3. The predicted octanol–water partition coefficient (Wildman–Crippen LogP) is 1.36. The van der Waals surface area contributed by atoms with Crippen LogP contribution in [0.2, 0.25) is 0 Å². The topological polar surface area (TPSA) is 67.7 Å². The van der Waals surface area contributed by atoms with Crippen molar-refractivity contribution in [2.45, 2.75) is 19.1 Å². The molecule has 0 aromatic carbocycles. The molecule has 3 rings (SSSR count). The SMILES string of the molecule is COCC1(C)CN(Cc2cc3c(=O)[nH]ccc3o2)CCO1. The summed E-state index contributed by atoms with van der Waals surface area (Å²) in [7, 11) is 1.68. The summed E-state index contributed by atoms with van der Waals surface area (Å²) in [6.45, 7) is 5.55. The number of hydrogen-bond acceptors (Lipinski definition) is 5. The van der Waals surface area contributed by atoms with Crippen molar-refractivity contribution in [2.24, 2.45) is 0 Å². The van der Waals surface area contributed by atoms with E-state index in [4.69, 9.17) is 13.9 Å². The molecule has 0 radical (unpaired) electrons. The number of fused-ring (bicyclic) bond motifs is 1. The second kappa shape index (κ2) is 5.63. The van der Waals surface area contributed by atoms with E-state index in [9.17, 15) is 4.79 Å². The van der Waals surface area contributed by atoms with Crippen LogP contribution in [-0.4, -0.2) is 48.9 Å². The summed E-state index contributed by atoms with van der Waals surface area (Å²) in [6, 6.07) is 3.59. The monoisotopic (exact) mass is 292 g/mol. The summed E-state index contributed by atoms with van der Waals surface area (Å²) >= 11 is 0. The summed E-state index contributed by atoms with van der Waals surface area (Å²) in [5.41, 5.74) is 0.214. The highest BCUT2D eigenvalue weighted by atomic mass is 16.5. The minimum atomic E-state index is -0.295. The van der Waals surface area contributed by atoms with Gasteiger partial charge in [-0.05, 0) is 19.1 Å². The van der Waals surface area contributed by atoms with E-state index in [1.165, 1.54) is 0 Å². The number of nitrogens with one attached hydrogen (secondary N) is 1. The van der Waals surface area contributed by atoms with Crippen LogP contribution >= 0.6 is 0 Å². The number of rotatable bonds is 4. The second-order valence-electron chi connectivity index (χ2n) is 5.74. The number of H-pyrrole nitrogens is 1. The van der Waals surface area contributed by atoms with Gasteiger partial charge in [-0.1, -0.05) is 0 Å². The van der Waals surface area contributed by atoms with Crippen LogP contribution < -0.4 is 5.56 Å². The van der Waals surface area contributed by atoms with Gasteiger partial charge in [-0.25, -0.2) is 0 Å². The molecule has 1 fully saturated rings. The van der Waals surface area contributed by atoms with Crippen LogP contribution in [-0.2, 0) is 16.0 Å². The van der Waals surface area contributed by atoms with Crippen molar-refractivity contribution in [1.29, 1.82) is 0 Å². The van der Waals surface area contributed by atoms with Gasteiger partial charge in [0, 0.05) is 26.4 Å². The molecule has 1 aliphatic rings. The number of morpholine rings is 1. The lowest BCUT2D eigenvalue weighted by atomic mass is 10.1. The van der Waals surface area contributed by atoms with Crippen LogP contribution in [0.15, 0.2) is 27.5 Å². The number of ether oxygens (including phenoxy) is 2. The van der Waals surface area contributed by atoms with Gasteiger partial charge in [-0.15, -0.1) is 0 Å². The molecule has 0 aliphatic carbocycles. The molecule has 1 atom stereocenters. The van der Waals surface area contributed by atoms with Gasteiger partial charge < -0.3 is 18.9 Å². The normalized spacial score (nSPS) is 23.7. The number of aromatic nitrogens is 1. The maximum atomic E-state index is 11.7. The highest BCUT2D eigenvalue weighted by Gasteiger charge is 2.32. The second-order valence-corrected chi connectivity index (χ2v) is 5.74. The number of aromatic amines is 1. The van der Waals surface area contributed by atoms with E-state index in [1.54, 1.807) is 19.4 Å². The summed E-state index contributed by atoms with van der Waals surface area (Å²) in [5, 5.41) is 0.598. The Morgan fingerprint density at radius 3 is 3.14 bits per heavy atom. The average Bonchev–Trinajstić information content (AvgIpc) is 2.82. The number of hydrogen-bond donors (Lipinski definition) is 1. The largest absolute Gasteiger partial charge is 0.459 e. The highest BCUT2D eigenvalue weighted by Crippen LogP contribution is 2.22. The smallest absolute Gasteiger partial charge is 0.259 e. The van der Waals surface area contributed by atoms with Crippen LogP contribution in [0.25, 0.3) is 11.0 Å². The molecule has 6 nitrogen and oxygen atoms in total. The Hall–Kier alpha value is -1.63. The van der Waals surface area contributed by atoms with Crippen molar-refractivity contribution < 1.29 is 13.9 Å². The molecular weight excluding hydrogens is 272 g/mol. The minimum absolute atomic E-state index is 0.117. The molecule has 21 heavy (non-hydrogen) atoms. The lowest BCUT2D eigenvalue weighted by Crippen LogP contribution is -2.52. The van der Waals surface area contributed by atoms with E-state index < -0.39 is 0 Å². The molecule has 1 saturated heterocycles. The predicted molar refractivity (Wildman–Crippen MR) is 78.3 cm³/mol. The van der Waals surface area contributed by atoms with Gasteiger partial charge >= 0.3 is 0 Å². The van der Waals surface area contributed by atoms with Crippen LogP contribution in [0.1, 0.15) is 12.7 Å². The Balaban J connectivity index is 1.76. The number of nitrogens with zero attached hydrogens (tertiary/aromatic N) is 1. The van der Waals surface area contributed by atoms with Crippen molar-refractivity contribution in [1.82, 2.24) is 9.88 Å². The molecule has 0 spiro atoms. The van der Waals surface area contributed by atoms with Gasteiger partial charge in [-0.2, -0.15) is 0 Å². The van der Waals surface area contributed by atoms with E-state index in [-0.39, 0.29) is 11.2 Å². The Kier molecular flexibility index (Phi) is 3.84. The molecule has 2 aromatic heterocycles. The molecule has 1 N–H and O–H groups in total. The molecule has 1 unspecified atom stereocenters. The molecule has 114 valence electrons. The van der Waals surface area contributed by atoms with Crippen molar-refractivity contribution in [3.05, 3.63) is 34.4 Å². The minimum Gasteiger partial charge on any atom is -0.459 e. The number of furan rings is 1. The Morgan fingerprint density at radius 1 is 1.52 bits per heavy atom. The van der Waals surface area contributed by atoms with Crippen molar-refractivity contribution in [3.8, 4) is 0 Å². The van der Waals surface area contributed by atoms with Gasteiger partial charge in [0.25, 0.3) is 5.56 Å². The summed E-state index contributed by atoms with van der Waals surface area (Å²) in [4.78, 5) is 16.6.